The second-order valence-electron chi connectivity index (χ2n) is 5.57. The van der Waals surface area contributed by atoms with Gasteiger partial charge in [0.15, 0.2) is 0 Å². The van der Waals surface area contributed by atoms with Crippen LogP contribution in [0.15, 0.2) is 30.3 Å². The molecule has 0 radical (unpaired) electrons. The van der Waals surface area contributed by atoms with Crippen molar-refractivity contribution in [2.75, 3.05) is 13.1 Å². The lowest BCUT2D eigenvalue weighted by Crippen LogP contribution is -2.40. The van der Waals surface area contributed by atoms with Gasteiger partial charge < -0.3 is 5.11 Å². The van der Waals surface area contributed by atoms with Crippen LogP contribution in [-0.2, 0) is 0 Å². The molecule has 2 atom stereocenters. The fraction of sp³-hybridized carbons (Fsp3) is 0.667. The largest absolute Gasteiger partial charge is 0.387 e. The topological polar surface area (TPSA) is 23.5 Å². The zero-order chi connectivity index (χ0) is 14.8. The molecule has 0 saturated heterocycles. The van der Waals surface area contributed by atoms with E-state index in [1.165, 1.54) is 25.7 Å². The van der Waals surface area contributed by atoms with Crippen LogP contribution in [0.4, 0.5) is 0 Å². The molecule has 2 heteroatoms. The van der Waals surface area contributed by atoms with E-state index in [2.05, 4.69) is 25.7 Å². The molecule has 0 aliphatic heterocycles. The molecule has 2 nitrogen and oxygen atoms in total. The third-order valence-electron chi connectivity index (χ3n) is 3.99. The molecule has 20 heavy (non-hydrogen) atoms. The summed E-state index contributed by atoms with van der Waals surface area (Å²) in [5, 5.41) is 10.7. The first-order valence-corrected chi connectivity index (χ1v) is 8.21. The Morgan fingerprint density at radius 2 is 1.50 bits per heavy atom. The monoisotopic (exact) mass is 277 g/mol. The summed E-state index contributed by atoms with van der Waals surface area (Å²) >= 11 is 0. The molecule has 1 aromatic rings. The van der Waals surface area contributed by atoms with E-state index in [1.807, 2.05) is 30.3 Å². The highest BCUT2D eigenvalue weighted by molar-refractivity contribution is 5.18. The Morgan fingerprint density at radius 1 is 0.950 bits per heavy atom. The summed E-state index contributed by atoms with van der Waals surface area (Å²) in [6, 6.07) is 10.3. The quantitative estimate of drug-likeness (QED) is 0.685. The summed E-state index contributed by atoms with van der Waals surface area (Å²) in [6.45, 7) is 8.83. The van der Waals surface area contributed by atoms with Crippen LogP contribution in [0.1, 0.15) is 64.5 Å². The van der Waals surface area contributed by atoms with Crippen LogP contribution in [0, 0.1) is 0 Å². The predicted molar refractivity (Wildman–Crippen MR) is 86.9 cm³/mol. The van der Waals surface area contributed by atoms with Crippen LogP contribution in [0.5, 0.6) is 0 Å². The van der Waals surface area contributed by atoms with Gasteiger partial charge in [-0.15, -0.1) is 0 Å². The van der Waals surface area contributed by atoms with Crippen LogP contribution in [0.3, 0.4) is 0 Å². The molecule has 0 fully saturated rings. The van der Waals surface area contributed by atoms with Gasteiger partial charge >= 0.3 is 0 Å². The Hall–Kier alpha value is -0.860. The van der Waals surface area contributed by atoms with Gasteiger partial charge in [-0.3, -0.25) is 4.90 Å². The van der Waals surface area contributed by atoms with E-state index >= 15 is 0 Å². The molecule has 0 aromatic heterocycles. The maximum absolute atomic E-state index is 10.7. The molecule has 1 rings (SSSR count). The highest BCUT2D eigenvalue weighted by atomic mass is 16.3. The Balaban J connectivity index is 2.76. The van der Waals surface area contributed by atoms with Gasteiger partial charge in [0.25, 0.3) is 0 Å². The van der Waals surface area contributed by atoms with Crippen LogP contribution >= 0.6 is 0 Å². The lowest BCUT2D eigenvalue weighted by molar-refractivity contribution is 0.0437. The van der Waals surface area contributed by atoms with E-state index in [-0.39, 0.29) is 12.1 Å². The van der Waals surface area contributed by atoms with Crippen molar-refractivity contribution in [2.24, 2.45) is 0 Å². The molecular weight excluding hydrogens is 246 g/mol. The number of rotatable bonds is 10. The van der Waals surface area contributed by atoms with E-state index in [0.717, 1.165) is 25.1 Å². The van der Waals surface area contributed by atoms with Crippen molar-refractivity contribution in [3.8, 4) is 0 Å². The SMILES string of the molecule is CCCCN(CCCC)C(CC)C(O)c1ccccc1. The van der Waals surface area contributed by atoms with E-state index in [0.29, 0.717) is 0 Å². The first kappa shape index (κ1) is 17.2. The molecule has 0 bridgehead atoms. The van der Waals surface area contributed by atoms with Gasteiger partial charge in [0.2, 0.25) is 0 Å². The standard InChI is InChI=1S/C18H31NO/c1-4-7-14-19(15-8-5-2)17(6-3)18(20)16-12-10-9-11-13-16/h9-13,17-18,20H,4-8,14-15H2,1-3H3. The van der Waals surface area contributed by atoms with E-state index in [4.69, 9.17) is 0 Å². The second kappa shape index (κ2) is 9.95. The Bertz CT molecular complexity index is 331. The van der Waals surface area contributed by atoms with Crippen LogP contribution in [0.2, 0.25) is 0 Å². The second-order valence-corrected chi connectivity index (χ2v) is 5.57. The third-order valence-corrected chi connectivity index (χ3v) is 3.99. The van der Waals surface area contributed by atoms with Gasteiger partial charge in [-0.1, -0.05) is 63.9 Å². The summed E-state index contributed by atoms with van der Waals surface area (Å²) in [6.07, 6.45) is 5.45. The zero-order valence-electron chi connectivity index (χ0n) is 13.4. The predicted octanol–water partition coefficient (Wildman–Crippen LogP) is 4.40. The average molecular weight is 277 g/mol. The number of unbranched alkanes of at least 4 members (excludes halogenated alkanes) is 2. The molecule has 0 aliphatic rings. The summed E-state index contributed by atoms with van der Waals surface area (Å²) < 4.78 is 0. The van der Waals surface area contributed by atoms with Crippen LogP contribution in [-0.4, -0.2) is 29.1 Å². The van der Waals surface area contributed by atoms with Crippen LogP contribution in [0.25, 0.3) is 0 Å². The Labute approximate surface area is 124 Å². The number of hydrogen-bond donors (Lipinski definition) is 1. The molecule has 0 spiro atoms. The fourth-order valence-corrected chi connectivity index (χ4v) is 2.72. The van der Waals surface area contributed by atoms with E-state index in [9.17, 15) is 5.11 Å². The molecule has 0 heterocycles. The third kappa shape index (κ3) is 5.26. The maximum Gasteiger partial charge on any atom is 0.0945 e. The van der Waals surface area contributed by atoms with Gasteiger partial charge in [-0.25, -0.2) is 0 Å². The van der Waals surface area contributed by atoms with Crippen molar-refractivity contribution in [2.45, 2.75) is 65.0 Å². The summed E-state index contributed by atoms with van der Waals surface area (Å²) in [4.78, 5) is 2.49. The van der Waals surface area contributed by atoms with Gasteiger partial charge in [-0.05, 0) is 37.9 Å². The van der Waals surface area contributed by atoms with E-state index in [1.54, 1.807) is 0 Å². The molecule has 0 saturated carbocycles. The van der Waals surface area contributed by atoms with Crippen molar-refractivity contribution in [3.63, 3.8) is 0 Å². The lowest BCUT2D eigenvalue weighted by Gasteiger charge is -2.34. The van der Waals surface area contributed by atoms with Crippen molar-refractivity contribution >= 4 is 0 Å². The minimum Gasteiger partial charge on any atom is -0.387 e. The normalized spacial score (nSPS) is 14.4. The molecular formula is C18H31NO. The average Bonchev–Trinajstić information content (AvgIpc) is 2.50. The molecule has 0 aliphatic carbocycles. The smallest absolute Gasteiger partial charge is 0.0945 e. The summed E-state index contributed by atoms with van der Waals surface area (Å²) in [7, 11) is 0. The van der Waals surface area contributed by atoms with Gasteiger partial charge in [0.05, 0.1) is 6.10 Å². The van der Waals surface area contributed by atoms with E-state index < -0.39 is 0 Å². The number of aliphatic hydroxyl groups is 1. The first-order valence-electron chi connectivity index (χ1n) is 8.21. The highest BCUT2D eigenvalue weighted by Gasteiger charge is 2.24. The highest BCUT2D eigenvalue weighted by Crippen LogP contribution is 2.24. The van der Waals surface area contributed by atoms with Gasteiger partial charge in [0.1, 0.15) is 0 Å². The van der Waals surface area contributed by atoms with Gasteiger partial charge in [0, 0.05) is 6.04 Å². The molecule has 2 unspecified atom stereocenters. The van der Waals surface area contributed by atoms with Crippen molar-refractivity contribution < 1.29 is 5.11 Å². The molecule has 1 N–H and O–H groups in total. The Kier molecular flexibility index (Phi) is 8.56. The first-order chi connectivity index (χ1) is 9.74. The number of nitrogens with zero attached hydrogens (tertiary/aromatic N) is 1. The maximum atomic E-state index is 10.7. The molecule has 114 valence electrons. The lowest BCUT2D eigenvalue weighted by atomic mass is 9.98. The fourth-order valence-electron chi connectivity index (χ4n) is 2.72. The minimum atomic E-state index is -0.380. The summed E-state index contributed by atoms with van der Waals surface area (Å²) in [5.41, 5.74) is 1.04. The molecule has 1 aromatic carbocycles. The Morgan fingerprint density at radius 3 is 1.95 bits per heavy atom. The molecule has 0 amide bonds. The van der Waals surface area contributed by atoms with Crippen LogP contribution < -0.4 is 0 Å². The summed E-state index contributed by atoms with van der Waals surface area (Å²) in [5.74, 6) is 0. The number of benzene rings is 1. The minimum absolute atomic E-state index is 0.232. The van der Waals surface area contributed by atoms with Crippen molar-refractivity contribution in [1.29, 1.82) is 0 Å². The van der Waals surface area contributed by atoms with Crippen molar-refractivity contribution in [1.82, 2.24) is 4.90 Å². The number of hydrogen-bond acceptors (Lipinski definition) is 2. The number of aliphatic hydroxyl groups excluding tert-OH is 1. The van der Waals surface area contributed by atoms with Crippen molar-refractivity contribution in [3.05, 3.63) is 35.9 Å². The zero-order valence-corrected chi connectivity index (χ0v) is 13.4. The van der Waals surface area contributed by atoms with Gasteiger partial charge in [-0.2, -0.15) is 0 Å².